The van der Waals surface area contributed by atoms with Gasteiger partial charge in [-0.05, 0) is 35.7 Å². The van der Waals surface area contributed by atoms with E-state index in [-0.39, 0.29) is 24.3 Å². The number of imidazole rings is 1. The quantitative estimate of drug-likeness (QED) is 0.664. The summed E-state index contributed by atoms with van der Waals surface area (Å²) in [6, 6.07) is 12.8. The lowest BCUT2D eigenvalue weighted by Gasteiger charge is -2.20. The average molecular weight is 376 g/mol. The number of hydrogen-bond acceptors (Lipinski definition) is 2. The molecule has 1 heterocycles. The molecular weight excluding hydrogens is 357 g/mol. The van der Waals surface area contributed by atoms with Gasteiger partial charge in [0.05, 0.1) is 23.5 Å². The number of halogens is 2. The van der Waals surface area contributed by atoms with Crippen molar-refractivity contribution in [2.75, 3.05) is 0 Å². The fourth-order valence-electron chi connectivity index (χ4n) is 2.76. The minimum Gasteiger partial charge on any atom is -0.346 e. The lowest BCUT2D eigenvalue weighted by molar-refractivity contribution is -0.121. The first kappa shape index (κ1) is 17.8. The highest BCUT2D eigenvalue weighted by Crippen LogP contribution is 2.26. The van der Waals surface area contributed by atoms with Crippen molar-refractivity contribution >= 4 is 40.1 Å². The molecule has 3 aromatic rings. The van der Waals surface area contributed by atoms with Gasteiger partial charge in [0.2, 0.25) is 5.91 Å². The number of amides is 1. The number of rotatable bonds is 5. The summed E-state index contributed by atoms with van der Waals surface area (Å²) in [5.74, 6) is 0.773. The molecule has 2 aromatic carbocycles. The first-order chi connectivity index (χ1) is 12.0. The van der Waals surface area contributed by atoms with Gasteiger partial charge in [-0.25, -0.2) is 4.98 Å². The van der Waals surface area contributed by atoms with Crippen LogP contribution in [0.5, 0.6) is 0 Å². The maximum Gasteiger partial charge on any atom is 0.225 e. The first-order valence-electron chi connectivity index (χ1n) is 8.12. The summed E-state index contributed by atoms with van der Waals surface area (Å²) >= 11 is 12.3. The summed E-state index contributed by atoms with van der Waals surface area (Å²) < 4.78 is 0. The highest BCUT2D eigenvalue weighted by atomic mass is 35.5. The third-order valence-corrected chi connectivity index (χ3v) is 4.79. The van der Waals surface area contributed by atoms with Gasteiger partial charge in [-0.2, -0.15) is 0 Å². The topological polar surface area (TPSA) is 57.8 Å². The van der Waals surface area contributed by atoms with Crippen LogP contribution in [0.3, 0.4) is 0 Å². The Kier molecular flexibility index (Phi) is 5.30. The van der Waals surface area contributed by atoms with Gasteiger partial charge in [-0.3, -0.25) is 4.79 Å². The molecule has 0 fully saturated rings. The second kappa shape index (κ2) is 7.46. The highest BCUT2D eigenvalue weighted by Gasteiger charge is 2.22. The van der Waals surface area contributed by atoms with E-state index in [0.717, 1.165) is 16.9 Å². The highest BCUT2D eigenvalue weighted by molar-refractivity contribution is 6.36. The van der Waals surface area contributed by atoms with Gasteiger partial charge in [0.1, 0.15) is 5.82 Å². The zero-order chi connectivity index (χ0) is 18.0. The monoisotopic (exact) mass is 375 g/mol. The van der Waals surface area contributed by atoms with E-state index in [0.29, 0.717) is 15.6 Å². The zero-order valence-electron chi connectivity index (χ0n) is 14.0. The number of nitrogens with zero attached hydrogens (tertiary/aromatic N) is 1. The van der Waals surface area contributed by atoms with Crippen LogP contribution in [-0.4, -0.2) is 15.9 Å². The van der Waals surface area contributed by atoms with E-state index >= 15 is 0 Å². The number of carbonyl (C=O) groups is 1. The second-order valence-electron chi connectivity index (χ2n) is 6.31. The van der Waals surface area contributed by atoms with E-state index in [4.69, 9.17) is 23.2 Å². The predicted octanol–water partition coefficient (Wildman–Crippen LogP) is 4.93. The molecule has 2 N–H and O–H groups in total. The smallest absolute Gasteiger partial charge is 0.225 e. The average Bonchev–Trinajstić information content (AvgIpc) is 2.99. The second-order valence-corrected chi connectivity index (χ2v) is 7.12. The number of H-pyrrole nitrogens is 1. The van der Waals surface area contributed by atoms with Crippen molar-refractivity contribution in [3.05, 3.63) is 63.9 Å². The van der Waals surface area contributed by atoms with Crippen molar-refractivity contribution in [2.45, 2.75) is 26.3 Å². The van der Waals surface area contributed by atoms with Crippen molar-refractivity contribution in [3.8, 4) is 0 Å². The Hall–Kier alpha value is -2.04. The van der Waals surface area contributed by atoms with Crippen LogP contribution in [0.25, 0.3) is 11.0 Å². The van der Waals surface area contributed by atoms with Gasteiger partial charge < -0.3 is 10.3 Å². The van der Waals surface area contributed by atoms with E-state index < -0.39 is 0 Å². The first-order valence-corrected chi connectivity index (χ1v) is 8.88. The van der Waals surface area contributed by atoms with Gasteiger partial charge in [-0.1, -0.05) is 55.2 Å². The zero-order valence-corrected chi connectivity index (χ0v) is 15.5. The standard InChI is InChI=1S/C19H19Cl2N3O/c1-11(2)18(19-22-15-8-3-4-9-16(15)23-19)24-17(25)10-12-13(20)6-5-7-14(12)21/h3-9,11,18H,10H2,1-2H3,(H,22,23)(H,24,25). The Labute approximate surface area is 156 Å². The van der Waals surface area contributed by atoms with Crippen LogP contribution in [0.15, 0.2) is 42.5 Å². The van der Waals surface area contributed by atoms with Crippen LogP contribution < -0.4 is 5.32 Å². The van der Waals surface area contributed by atoms with Crippen LogP contribution in [0.1, 0.15) is 31.3 Å². The van der Waals surface area contributed by atoms with Crippen molar-refractivity contribution < 1.29 is 4.79 Å². The molecule has 0 spiro atoms. The van der Waals surface area contributed by atoms with Crippen molar-refractivity contribution in [1.29, 1.82) is 0 Å². The molecule has 1 atom stereocenters. The van der Waals surface area contributed by atoms with Gasteiger partial charge in [0, 0.05) is 10.0 Å². The molecule has 6 heteroatoms. The van der Waals surface area contributed by atoms with E-state index in [9.17, 15) is 4.79 Å². The fourth-order valence-corrected chi connectivity index (χ4v) is 3.29. The Morgan fingerprint density at radius 3 is 2.44 bits per heavy atom. The van der Waals surface area contributed by atoms with Crippen LogP contribution in [0.2, 0.25) is 10.0 Å². The lowest BCUT2D eigenvalue weighted by Crippen LogP contribution is -2.33. The van der Waals surface area contributed by atoms with Gasteiger partial charge >= 0.3 is 0 Å². The summed E-state index contributed by atoms with van der Waals surface area (Å²) in [7, 11) is 0. The Bertz CT molecular complexity index is 851. The number of aromatic amines is 1. The van der Waals surface area contributed by atoms with Crippen molar-refractivity contribution in [3.63, 3.8) is 0 Å². The van der Waals surface area contributed by atoms with Crippen LogP contribution >= 0.6 is 23.2 Å². The van der Waals surface area contributed by atoms with E-state index in [1.54, 1.807) is 18.2 Å². The van der Waals surface area contributed by atoms with Crippen molar-refractivity contribution in [2.24, 2.45) is 5.92 Å². The number of para-hydroxylation sites is 2. The summed E-state index contributed by atoms with van der Waals surface area (Å²) in [4.78, 5) is 20.4. The summed E-state index contributed by atoms with van der Waals surface area (Å²) in [5, 5.41) is 4.03. The van der Waals surface area contributed by atoms with Gasteiger partial charge in [0.25, 0.3) is 0 Å². The normalized spacial score (nSPS) is 12.5. The molecule has 3 rings (SSSR count). The molecule has 0 aliphatic heterocycles. The fraction of sp³-hybridized carbons (Fsp3) is 0.263. The molecule has 0 saturated carbocycles. The summed E-state index contributed by atoms with van der Waals surface area (Å²) in [6.07, 6.45) is 0.127. The molecule has 1 aromatic heterocycles. The number of aromatic nitrogens is 2. The molecule has 4 nitrogen and oxygen atoms in total. The number of benzene rings is 2. The Morgan fingerprint density at radius 2 is 1.80 bits per heavy atom. The largest absolute Gasteiger partial charge is 0.346 e. The van der Waals surface area contributed by atoms with Crippen molar-refractivity contribution in [1.82, 2.24) is 15.3 Å². The molecule has 0 radical (unpaired) electrons. The van der Waals surface area contributed by atoms with E-state index in [2.05, 4.69) is 15.3 Å². The minimum absolute atomic E-state index is 0.127. The Balaban J connectivity index is 1.81. The molecule has 0 aliphatic rings. The SMILES string of the molecule is CC(C)C(NC(=O)Cc1c(Cl)cccc1Cl)c1nc2ccccc2[nH]1. The molecule has 1 amide bonds. The molecule has 25 heavy (non-hydrogen) atoms. The van der Waals surface area contributed by atoms with Crippen LogP contribution in [-0.2, 0) is 11.2 Å². The third-order valence-electron chi connectivity index (χ3n) is 4.08. The predicted molar refractivity (Wildman–Crippen MR) is 102 cm³/mol. The van der Waals surface area contributed by atoms with E-state index in [1.807, 2.05) is 38.1 Å². The van der Waals surface area contributed by atoms with Crippen LogP contribution in [0.4, 0.5) is 0 Å². The molecule has 0 aliphatic carbocycles. The third kappa shape index (κ3) is 3.97. The number of fused-ring (bicyclic) bond motifs is 1. The van der Waals surface area contributed by atoms with Gasteiger partial charge in [0.15, 0.2) is 0 Å². The summed E-state index contributed by atoms with van der Waals surface area (Å²) in [6.45, 7) is 4.08. The molecule has 1 unspecified atom stereocenters. The lowest BCUT2D eigenvalue weighted by atomic mass is 10.0. The number of carbonyl (C=O) groups excluding carboxylic acids is 1. The molecule has 0 saturated heterocycles. The number of hydrogen-bond donors (Lipinski definition) is 2. The maximum absolute atomic E-state index is 12.6. The summed E-state index contributed by atoms with van der Waals surface area (Å²) in [5.41, 5.74) is 2.47. The molecular formula is C19H19Cl2N3O. The van der Waals surface area contributed by atoms with Crippen LogP contribution in [0, 0.1) is 5.92 Å². The Morgan fingerprint density at radius 1 is 1.12 bits per heavy atom. The number of nitrogens with one attached hydrogen (secondary N) is 2. The van der Waals surface area contributed by atoms with E-state index in [1.165, 1.54) is 0 Å². The minimum atomic E-state index is -0.221. The molecule has 130 valence electrons. The maximum atomic E-state index is 12.6. The van der Waals surface area contributed by atoms with Gasteiger partial charge in [-0.15, -0.1) is 0 Å². The molecule has 0 bridgehead atoms.